The second-order valence-electron chi connectivity index (χ2n) is 12.0. The molecule has 1 N–H and O–H groups in total. The van der Waals surface area contributed by atoms with E-state index in [1.807, 2.05) is 91.0 Å². The Hall–Kier alpha value is -3.68. The summed E-state index contributed by atoms with van der Waals surface area (Å²) in [4.78, 5) is 24.9. The number of benzene rings is 3. The normalized spacial score (nSPS) is 30.4. The molecule has 2 heterocycles. The summed E-state index contributed by atoms with van der Waals surface area (Å²) in [6.07, 6.45) is -9.87. The topological polar surface area (TPSA) is 128 Å². The van der Waals surface area contributed by atoms with E-state index in [0.717, 1.165) is 16.7 Å². The quantitative estimate of drug-likeness (QED) is 0.260. The van der Waals surface area contributed by atoms with Crippen LogP contribution in [0.3, 0.4) is 0 Å². The lowest BCUT2D eigenvalue weighted by atomic mass is 9.96. The first-order chi connectivity index (χ1) is 23.2. The van der Waals surface area contributed by atoms with E-state index < -0.39 is 73.4 Å². The van der Waals surface area contributed by atoms with E-state index >= 15 is 0 Å². The molecule has 3 aromatic rings. The van der Waals surface area contributed by atoms with Gasteiger partial charge in [-0.05, 0) is 30.5 Å². The highest BCUT2D eigenvalue weighted by atomic mass is 16.7. The molecule has 0 radical (unpaired) electrons. The van der Waals surface area contributed by atoms with Crippen LogP contribution in [0.5, 0.6) is 0 Å². The molecular weight excluding hydrogens is 620 g/mol. The molecule has 258 valence electrons. The summed E-state index contributed by atoms with van der Waals surface area (Å²) >= 11 is 0. The van der Waals surface area contributed by atoms with Crippen molar-refractivity contribution in [1.82, 2.24) is 0 Å². The molecule has 2 aliphatic rings. The minimum Gasteiger partial charge on any atom is -0.455 e. The molecule has 0 aliphatic carbocycles. The summed E-state index contributed by atoms with van der Waals surface area (Å²) in [6.45, 7) is 6.62. The van der Waals surface area contributed by atoms with Gasteiger partial charge in [-0.15, -0.1) is 0 Å². The van der Waals surface area contributed by atoms with Crippen LogP contribution in [-0.4, -0.2) is 78.5 Å². The predicted octanol–water partition coefficient (Wildman–Crippen LogP) is 4.47. The number of hydrogen-bond donors (Lipinski definition) is 1. The molecule has 48 heavy (non-hydrogen) atoms. The lowest BCUT2D eigenvalue weighted by Gasteiger charge is -2.48. The Morgan fingerprint density at radius 1 is 0.562 bits per heavy atom. The highest BCUT2D eigenvalue weighted by Crippen LogP contribution is 2.35. The Bertz CT molecular complexity index is 1370. The van der Waals surface area contributed by atoms with Crippen molar-refractivity contribution in [2.45, 2.75) is 109 Å². The summed E-state index contributed by atoms with van der Waals surface area (Å²) < 4.78 is 49.3. The molecule has 2 fully saturated rings. The Morgan fingerprint density at radius 3 is 1.42 bits per heavy atom. The highest BCUT2D eigenvalue weighted by molar-refractivity contribution is 5.67. The number of hydrogen-bond acceptors (Lipinski definition) is 11. The molecule has 3 aromatic carbocycles. The molecule has 0 bridgehead atoms. The first-order valence-corrected chi connectivity index (χ1v) is 16.1. The van der Waals surface area contributed by atoms with Gasteiger partial charge in [-0.25, -0.2) is 0 Å². The number of ether oxygens (including phenoxy) is 8. The molecule has 11 nitrogen and oxygen atoms in total. The van der Waals surface area contributed by atoms with E-state index in [4.69, 9.17) is 37.9 Å². The van der Waals surface area contributed by atoms with Gasteiger partial charge < -0.3 is 43.0 Å². The van der Waals surface area contributed by atoms with Gasteiger partial charge in [0.1, 0.15) is 24.4 Å². The molecule has 11 heteroatoms. The minimum absolute atomic E-state index is 0.145. The summed E-state index contributed by atoms with van der Waals surface area (Å²) in [7, 11) is 0. The third-order valence-electron chi connectivity index (χ3n) is 8.22. The van der Waals surface area contributed by atoms with E-state index in [9.17, 15) is 14.7 Å². The van der Waals surface area contributed by atoms with Crippen molar-refractivity contribution in [3.05, 3.63) is 108 Å². The summed E-state index contributed by atoms with van der Waals surface area (Å²) in [5.41, 5.74) is 2.69. The van der Waals surface area contributed by atoms with E-state index in [0.29, 0.717) is 0 Å². The maximum Gasteiger partial charge on any atom is 0.303 e. The highest BCUT2D eigenvalue weighted by Gasteiger charge is 2.54. The van der Waals surface area contributed by atoms with E-state index in [2.05, 4.69) is 0 Å². The SMILES string of the molecule is CC(=O)O[C@@H]1[C@@H](OCc2ccccc2)[C@H](C)O[C@@H](O[C@@H]2[C@@H](OCc3ccccc3)[C@H](C)O[C@@H](O)[C@@H]2OCc2ccccc2)[C@@H]1OC(C)=O. The van der Waals surface area contributed by atoms with Crippen molar-refractivity contribution in [1.29, 1.82) is 0 Å². The van der Waals surface area contributed by atoms with Crippen LogP contribution in [0.15, 0.2) is 91.0 Å². The maximum absolute atomic E-state index is 12.5. The third kappa shape index (κ3) is 9.48. The zero-order valence-electron chi connectivity index (χ0n) is 27.6. The van der Waals surface area contributed by atoms with Crippen molar-refractivity contribution in [2.75, 3.05) is 0 Å². The third-order valence-corrected chi connectivity index (χ3v) is 8.22. The number of carbonyl (C=O) groups is 2. The summed E-state index contributed by atoms with van der Waals surface area (Å²) in [6, 6.07) is 28.6. The van der Waals surface area contributed by atoms with Crippen LogP contribution in [0.2, 0.25) is 0 Å². The molecule has 10 atom stereocenters. The average Bonchev–Trinajstić information content (AvgIpc) is 3.06. The van der Waals surface area contributed by atoms with Gasteiger partial charge in [0.15, 0.2) is 24.8 Å². The molecule has 0 unspecified atom stereocenters. The molecule has 0 aromatic heterocycles. The zero-order chi connectivity index (χ0) is 34.0. The van der Waals surface area contributed by atoms with Gasteiger partial charge in [0.25, 0.3) is 0 Å². The second kappa shape index (κ2) is 17.1. The van der Waals surface area contributed by atoms with Crippen molar-refractivity contribution in [3.63, 3.8) is 0 Å². The fourth-order valence-electron chi connectivity index (χ4n) is 5.96. The Morgan fingerprint density at radius 2 is 0.958 bits per heavy atom. The standard InChI is InChI=1S/C37H44O11/c1-23-30(41-20-27-14-8-5-9-15-27)32(34(36(40)44-23)43-22-29-18-12-7-13-19-29)48-37-35(47-26(4)39)33(46-25(3)38)31(24(2)45-37)42-21-28-16-10-6-11-17-28/h5-19,23-24,30-37,40H,20-22H2,1-4H3/t23-,24-,30-,31-,32+,33+,34+,35+,36+,37-/m0/s1. The van der Waals surface area contributed by atoms with Gasteiger partial charge in [0, 0.05) is 13.8 Å². The maximum atomic E-state index is 12.5. The first kappa shape index (κ1) is 35.6. The van der Waals surface area contributed by atoms with Crippen LogP contribution >= 0.6 is 0 Å². The van der Waals surface area contributed by atoms with Gasteiger partial charge in [-0.3, -0.25) is 9.59 Å². The molecule has 0 saturated carbocycles. The number of aliphatic hydroxyl groups excluding tert-OH is 1. The van der Waals surface area contributed by atoms with Crippen molar-refractivity contribution in [2.24, 2.45) is 0 Å². The van der Waals surface area contributed by atoms with Crippen LogP contribution in [0.4, 0.5) is 0 Å². The van der Waals surface area contributed by atoms with Gasteiger partial charge >= 0.3 is 11.9 Å². The van der Waals surface area contributed by atoms with Crippen LogP contribution < -0.4 is 0 Å². The molecule has 0 spiro atoms. The Balaban J connectivity index is 1.44. The molecule has 0 amide bonds. The smallest absolute Gasteiger partial charge is 0.303 e. The predicted molar refractivity (Wildman–Crippen MR) is 172 cm³/mol. The fourth-order valence-corrected chi connectivity index (χ4v) is 5.96. The van der Waals surface area contributed by atoms with Crippen LogP contribution in [0.1, 0.15) is 44.4 Å². The molecular formula is C37H44O11. The van der Waals surface area contributed by atoms with Crippen molar-refractivity contribution >= 4 is 11.9 Å². The zero-order valence-corrected chi connectivity index (χ0v) is 27.6. The van der Waals surface area contributed by atoms with Gasteiger partial charge in [-0.2, -0.15) is 0 Å². The van der Waals surface area contributed by atoms with Crippen LogP contribution in [-0.2, 0) is 67.3 Å². The van der Waals surface area contributed by atoms with E-state index in [1.165, 1.54) is 13.8 Å². The Kier molecular flexibility index (Phi) is 12.7. The molecule has 5 rings (SSSR count). The van der Waals surface area contributed by atoms with Crippen molar-refractivity contribution < 1.29 is 52.6 Å². The summed E-state index contributed by atoms with van der Waals surface area (Å²) in [5, 5.41) is 11.2. The second-order valence-corrected chi connectivity index (χ2v) is 12.0. The minimum atomic E-state index is -1.38. The molecule has 2 saturated heterocycles. The van der Waals surface area contributed by atoms with Gasteiger partial charge in [0.2, 0.25) is 0 Å². The number of rotatable bonds is 13. The lowest BCUT2D eigenvalue weighted by molar-refractivity contribution is -0.362. The Labute approximate surface area is 280 Å². The van der Waals surface area contributed by atoms with Crippen molar-refractivity contribution in [3.8, 4) is 0 Å². The first-order valence-electron chi connectivity index (χ1n) is 16.1. The number of carbonyl (C=O) groups excluding carboxylic acids is 2. The number of esters is 2. The monoisotopic (exact) mass is 664 g/mol. The number of aliphatic hydroxyl groups is 1. The van der Waals surface area contributed by atoms with Gasteiger partial charge in [0.05, 0.1) is 32.0 Å². The average molecular weight is 665 g/mol. The molecule has 2 aliphatic heterocycles. The van der Waals surface area contributed by atoms with Crippen LogP contribution in [0, 0.1) is 0 Å². The van der Waals surface area contributed by atoms with E-state index in [-0.39, 0.29) is 19.8 Å². The van der Waals surface area contributed by atoms with Gasteiger partial charge in [-0.1, -0.05) is 91.0 Å². The fraction of sp³-hybridized carbons (Fsp3) is 0.459. The largest absolute Gasteiger partial charge is 0.455 e. The van der Waals surface area contributed by atoms with Crippen LogP contribution in [0.25, 0.3) is 0 Å². The van der Waals surface area contributed by atoms with E-state index in [1.54, 1.807) is 13.8 Å². The summed E-state index contributed by atoms with van der Waals surface area (Å²) in [5.74, 6) is -1.23. The lowest BCUT2D eigenvalue weighted by Crippen LogP contribution is -2.65.